The molecule has 5 aromatic rings. The highest BCUT2D eigenvalue weighted by molar-refractivity contribution is 6.17. The van der Waals surface area contributed by atoms with Crippen LogP contribution in [0.1, 0.15) is 11.1 Å². The van der Waals surface area contributed by atoms with Crippen LogP contribution >= 0.6 is 0 Å². The average molecular weight is 349 g/mol. The molecule has 1 aromatic heterocycles. The summed E-state index contributed by atoms with van der Waals surface area (Å²) in [6.07, 6.45) is 3.52. The van der Waals surface area contributed by atoms with Gasteiger partial charge in [0.2, 0.25) is 0 Å². The van der Waals surface area contributed by atoms with Crippen molar-refractivity contribution in [2.24, 2.45) is 0 Å². The smallest absolute Gasteiger partial charge is 0.157 e. The minimum atomic E-state index is 0.893. The average Bonchev–Trinajstić information content (AvgIpc) is 3.10. The van der Waals surface area contributed by atoms with Crippen molar-refractivity contribution in [2.45, 2.75) is 6.92 Å². The summed E-state index contributed by atoms with van der Waals surface area (Å²) in [6.45, 7) is 2.10. The third-order valence-corrected chi connectivity index (χ3v) is 5.16. The summed E-state index contributed by atoms with van der Waals surface area (Å²) in [4.78, 5) is 0. The van der Waals surface area contributed by atoms with Crippen LogP contribution in [0.4, 0.5) is 5.69 Å². The van der Waals surface area contributed by atoms with Crippen molar-refractivity contribution in [3.05, 3.63) is 90.0 Å². The molecule has 5 rings (SSSR count). The van der Waals surface area contributed by atoms with Crippen LogP contribution in [-0.4, -0.2) is 17.8 Å². The summed E-state index contributed by atoms with van der Waals surface area (Å²) in [7, 11) is 2.02. The van der Waals surface area contributed by atoms with Gasteiger partial charge in [-0.2, -0.15) is 0 Å². The predicted molar refractivity (Wildman–Crippen MR) is 112 cm³/mol. The third-order valence-electron chi connectivity index (χ3n) is 5.16. The quantitative estimate of drug-likeness (QED) is 0.207. The molecule has 1 heterocycles. The van der Waals surface area contributed by atoms with E-state index in [0.29, 0.717) is 0 Å². The van der Waals surface area contributed by atoms with Gasteiger partial charge < -0.3 is 4.42 Å². The number of nitrogens with zero attached hydrogens (tertiary/aromatic N) is 1. The number of aryl methyl sites for hydroxylation is 1. The molecule has 0 saturated carbocycles. The maximum atomic E-state index is 6.43. The molecule has 0 N–H and O–H groups in total. The highest BCUT2D eigenvalue weighted by Crippen LogP contribution is 2.36. The molecule has 0 saturated heterocycles. The summed E-state index contributed by atoms with van der Waals surface area (Å²) in [6, 6.07) is 27.2. The van der Waals surface area contributed by atoms with Crippen molar-refractivity contribution >= 4 is 44.6 Å². The molecule has 2 heteroatoms. The first-order valence-corrected chi connectivity index (χ1v) is 9.11. The SMILES string of the molecule is Cc1ccc2c(oc3c4ccccc4ccc23)c1[C-]=[N+](C)c1ccccc1. The maximum Gasteiger partial charge on any atom is 0.157 e. The fraction of sp³-hybridized carbons (Fsp3) is 0.0800. The molecule has 4 aromatic carbocycles. The Labute approximate surface area is 158 Å². The number of benzene rings is 4. The fourth-order valence-electron chi connectivity index (χ4n) is 3.69. The summed E-state index contributed by atoms with van der Waals surface area (Å²) in [5.41, 5.74) is 5.08. The normalized spacial score (nSPS) is 12.3. The van der Waals surface area contributed by atoms with E-state index in [-0.39, 0.29) is 0 Å². The number of para-hydroxylation sites is 1. The largest absolute Gasteiger partial charge is 0.499 e. The monoisotopic (exact) mass is 349 g/mol. The van der Waals surface area contributed by atoms with E-state index < -0.39 is 0 Å². The standard InChI is InChI=1S/C25H19NO/c1-17-12-14-21-22-15-13-18-8-6-7-11-20(18)24(22)27-25(21)23(17)16-26(2)19-9-4-3-5-10-19/h3-15H,1-2H3. The minimum Gasteiger partial charge on any atom is -0.499 e. The number of hydrogen-bond acceptors (Lipinski definition) is 1. The summed E-state index contributed by atoms with van der Waals surface area (Å²) in [5, 5.41) is 4.61. The molecule has 0 aliphatic heterocycles. The second-order valence-electron chi connectivity index (χ2n) is 6.91. The lowest BCUT2D eigenvalue weighted by atomic mass is 10.0. The number of rotatable bonds is 2. The van der Waals surface area contributed by atoms with Crippen LogP contribution in [0.25, 0.3) is 32.7 Å². The van der Waals surface area contributed by atoms with E-state index in [9.17, 15) is 0 Å². The maximum absolute atomic E-state index is 6.43. The molecule has 0 aliphatic carbocycles. The lowest BCUT2D eigenvalue weighted by Crippen LogP contribution is -2.02. The Balaban J connectivity index is 1.82. The highest BCUT2D eigenvalue weighted by Gasteiger charge is 2.11. The fourth-order valence-corrected chi connectivity index (χ4v) is 3.69. The minimum absolute atomic E-state index is 0.893. The summed E-state index contributed by atoms with van der Waals surface area (Å²) < 4.78 is 8.45. The van der Waals surface area contributed by atoms with Crippen LogP contribution in [0.2, 0.25) is 0 Å². The summed E-state index contributed by atoms with van der Waals surface area (Å²) in [5.74, 6) is 0. The van der Waals surface area contributed by atoms with Gasteiger partial charge >= 0.3 is 0 Å². The molecule has 0 unspecified atom stereocenters. The lowest BCUT2D eigenvalue weighted by Gasteiger charge is -2.08. The van der Waals surface area contributed by atoms with Crippen molar-refractivity contribution < 1.29 is 8.99 Å². The van der Waals surface area contributed by atoms with E-state index in [1.807, 2.05) is 29.8 Å². The number of furan rings is 1. The Morgan fingerprint density at radius 1 is 0.704 bits per heavy atom. The molecule has 0 aliphatic rings. The van der Waals surface area contributed by atoms with E-state index in [1.54, 1.807) is 0 Å². The Hall–Kier alpha value is -3.39. The highest BCUT2D eigenvalue weighted by atomic mass is 16.3. The zero-order chi connectivity index (χ0) is 18.4. The van der Waals surface area contributed by atoms with Crippen LogP contribution in [-0.2, 0) is 0 Å². The van der Waals surface area contributed by atoms with Crippen molar-refractivity contribution in [3.63, 3.8) is 0 Å². The zero-order valence-electron chi connectivity index (χ0n) is 15.4. The van der Waals surface area contributed by atoms with E-state index in [0.717, 1.165) is 44.1 Å². The van der Waals surface area contributed by atoms with E-state index in [4.69, 9.17) is 4.42 Å². The number of fused-ring (bicyclic) bond motifs is 5. The molecular weight excluding hydrogens is 330 g/mol. The molecule has 0 spiro atoms. The van der Waals surface area contributed by atoms with Crippen molar-refractivity contribution in [1.82, 2.24) is 0 Å². The van der Waals surface area contributed by atoms with Crippen LogP contribution in [0.5, 0.6) is 0 Å². The topological polar surface area (TPSA) is 16.1 Å². The summed E-state index contributed by atoms with van der Waals surface area (Å²) >= 11 is 0. The van der Waals surface area contributed by atoms with Gasteiger partial charge in [0, 0.05) is 10.8 Å². The van der Waals surface area contributed by atoms with Gasteiger partial charge in [0.1, 0.15) is 18.3 Å². The van der Waals surface area contributed by atoms with E-state index in [1.165, 1.54) is 5.39 Å². The van der Waals surface area contributed by atoms with Gasteiger partial charge in [0.25, 0.3) is 0 Å². The van der Waals surface area contributed by atoms with Crippen LogP contribution in [0.15, 0.2) is 83.3 Å². The van der Waals surface area contributed by atoms with Gasteiger partial charge in [-0.15, -0.1) is 11.6 Å². The number of hydrogen-bond donors (Lipinski definition) is 0. The van der Waals surface area contributed by atoms with E-state index in [2.05, 4.69) is 73.8 Å². The van der Waals surface area contributed by atoms with Crippen molar-refractivity contribution in [2.75, 3.05) is 7.05 Å². The predicted octanol–water partition coefficient (Wildman–Crippen LogP) is 6.32. The molecule has 0 amide bonds. The van der Waals surface area contributed by atoms with Gasteiger partial charge in [0.05, 0.1) is 5.58 Å². The van der Waals surface area contributed by atoms with E-state index >= 15 is 0 Å². The molecule has 2 nitrogen and oxygen atoms in total. The molecular formula is C25H19NO. The van der Waals surface area contributed by atoms with Gasteiger partial charge in [-0.25, -0.2) is 0 Å². The third kappa shape index (κ3) is 2.53. The lowest BCUT2D eigenvalue weighted by molar-refractivity contribution is -0.399. The second kappa shape index (κ2) is 6.10. The first kappa shape index (κ1) is 15.8. The molecule has 0 bridgehead atoms. The second-order valence-corrected chi connectivity index (χ2v) is 6.91. The van der Waals surface area contributed by atoms with Crippen molar-refractivity contribution in [1.29, 1.82) is 0 Å². The Morgan fingerprint density at radius 2 is 1.41 bits per heavy atom. The Morgan fingerprint density at radius 3 is 2.26 bits per heavy atom. The molecule has 130 valence electrons. The Bertz CT molecular complexity index is 1330. The van der Waals surface area contributed by atoms with Gasteiger partial charge in [-0.3, -0.25) is 4.58 Å². The molecule has 0 fully saturated rings. The van der Waals surface area contributed by atoms with Crippen LogP contribution in [0.3, 0.4) is 0 Å². The molecule has 0 radical (unpaired) electrons. The first-order valence-electron chi connectivity index (χ1n) is 9.11. The Kier molecular flexibility index (Phi) is 3.58. The van der Waals surface area contributed by atoms with Crippen molar-refractivity contribution in [3.8, 4) is 0 Å². The first-order chi connectivity index (χ1) is 13.2. The zero-order valence-corrected chi connectivity index (χ0v) is 15.4. The van der Waals surface area contributed by atoms with Gasteiger partial charge in [-0.05, 0) is 28.5 Å². The van der Waals surface area contributed by atoms with Crippen LogP contribution < -0.4 is 0 Å². The van der Waals surface area contributed by atoms with Crippen LogP contribution in [0, 0.1) is 6.92 Å². The van der Waals surface area contributed by atoms with Gasteiger partial charge in [-0.1, -0.05) is 67.6 Å². The molecule has 0 atom stereocenters. The molecule has 27 heavy (non-hydrogen) atoms. The van der Waals surface area contributed by atoms with Gasteiger partial charge in [0.15, 0.2) is 6.21 Å².